The molecule has 0 radical (unpaired) electrons. The molecule has 0 amide bonds. The van der Waals surface area contributed by atoms with E-state index in [1.165, 1.54) is 31.4 Å². The summed E-state index contributed by atoms with van der Waals surface area (Å²) >= 11 is 4.31. The molecule has 0 spiro atoms. The fourth-order valence-corrected chi connectivity index (χ4v) is 3.75. The zero-order valence-electron chi connectivity index (χ0n) is 8.66. The Balaban J connectivity index is 1.46. The van der Waals surface area contributed by atoms with E-state index in [0.29, 0.717) is 0 Å². The maximum absolute atomic E-state index is 2.44. The Morgan fingerprint density at radius 3 is 2.62 bits per heavy atom. The highest BCUT2D eigenvalue weighted by Crippen LogP contribution is 2.47. The second-order valence-electron chi connectivity index (χ2n) is 4.52. The Bertz CT molecular complexity index is 165. The van der Waals surface area contributed by atoms with Crippen molar-refractivity contribution >= 4 is 23.5 Å². The van der Waals surface area contributed by atoms with Gasteiger partial charge in [-0.05, 0) is 18.8 Å². The maximum atomic E-state index is 2.44. The summed E-state index contributed by atoms with van der Waals surface area (Å²) < 4.78 is 0. The van der Waals surface area contributed by atoms with E-state index >= 15 is 0 Å². The molecule has 2 heterocycles. The summed E-state index contributed by atoms with van der Waals surface area (Å²) in [6.07, 6.45) is 5.92. The Labute approximate surface area is 90.6 Å². The van der Waals surface area contributed by atoms with E-state index in [9.17, 15) is 0 Å². The molecule has 2 heteroatoms. The summed E-state index contributed by atoms with van der Waals surface area (Å²) in [5.74, 6) is 2.43. The molecule has 0 N–H and O–H groups in total. The predicted molar refractivity (Wildman–Crippen MR) is 64.7 cm³/mol. The van der Waals surface area contributed by atoms with Gasteiger partial charge in [-0.25, -0.2) is 0 Å². The van der Waals surface area contributed by atoms with Crippen LogP contribution in [0, 0.1) is 5.92 Å². The Morgan fingerprint density at radius 1 is 1.38 bits per heavy atom. The van der Waals surface area contributed by atoms with Crippen LogP contribution in [0.15, 0.2) is 0 Å². The van der Waals surface area contributed by atoms with Crippen LogP contribution < -0.4 is 0 Å². The Morgan fingerprint density at radius 2 is 2.08 bits per heavy atom. The molecule has 2 aliphatic rings. The van der Waals surface area contributed by atoms with Crippen molar-refractivity contribution in [1.29, 1.82) is 0 Å². The third-order valence-corrected chi connectivity index (χ3v) is 5.79. The first-order valence-electron chi connectivity index (χ1n) is 5.54. The molecule has 0 saturated carbocycles. The van der Waals surface area contributed by atoms with E-state index in [4.69, 9.17) is 0 Å². The number of thioether (sulfide) groups is 2. The quantitative estimate of drug-likeness (QED) is 0.489. The molecule has 2 aliphatic heterocycles. The highest BCUT2D eigenvalue weighted by molar-refractivity contribution is 8.07. The van der Waals surface area contributed by atoms with Crippen molar-refractivity contribution in [2.24, 2.45) is 5.92 Å². The molecule has 0 bridgehead atoms. The summed E-state index contributed by atoms with van der Waals surface area (Å²) in [5.41, 5.74) is 0. The molecule has 0 aliphatic carbocycles. The van der Waals surface area contributed by atoms with Crippen LogP contribution in [0.5, 0.6) is 0 Å². The van der Waals surface area contributed by atoms with Crippen LogP contribution in [0.3, 0.4) is 0 Å². The summed E-state index contributed by atoms with van der Waals surface area (Å²) in [7, 11) is 0. The Hall–Kier alpha value is 0.700. The number of rotatable bonds is 6. The number of unbranched alkanes of at least 4 members (excludes halogenated alkanes) is 1. The number of hydrogen-bond donors (Lipinski definition) is 0. The number of hydrogen-bond acceptors (Lipinski definition) is 2. The molecule has 0 aromatic carbocycles. The fraction of sp³-hybridized carbons (Fsp3) is 1.00. The van der Waals surface area contributed by atoms with Crippen molar-refractivity contribution in [1.82, 2.24) is 0 Å². The minimum Gasteiger partial charge on any atom is -0.157 e. The van der Waals surface area contributed by atoms with E-state index in [1.807, 2.05) is 0 Å². The molecule has 2 rings (SSSR count). The molecule has 0 aromatic heterocycles. The largest absolute Gasteiger partial charge is 0.157 e. The van der Waals surface area contributed by atoms with Gasteiger partial charge in [0.2, 0.25) is 0 Å². The highest BCUT2D eigenvalue weighted by atomic mass is 32.2. The van der Waals surface area contributed by atoms with Gasteiger partial charge in [0.1, 0.15) is 0 Å². The van der Waals surface area contributed by atoms with E-state index in [0.717, 1.165) is 21.7 Å². The Kier molecular flexibility index (Phi) is 3.52. The van der Waals surface area contributed by atoms with E-state index < -0.39 is 0 Å². The molecule has 76 valence electrons. The van der Waals surface area contributed by atoms with Crippen LogP contribution in [-0.2, 0) is 0 Å². The molecule has 4 unspecified atom stereocenters. The van der Waals surface area contributed by atoms with Gasteiger partial charge >= 0.3 is 0 Å². The van der Waals surface area contributed by atoms with Gasteiger partial charge in [0.15, 0.2) is 0 Å². The van der Waals surface area contributed by atoms with Crippen molar-refractivity contribution in [2.75, 3.05) is 5.75 Å². The SMILES string of the molecule is CC(CCCCC1CS1)C1SC1C. The zero-order chi connectivity index (χ0) is 9.26. The van der Waals surface area contributed by atoms with Crippen LogP contribution in [-0.4, -0.2) is 21.5 Å². The van der Waals surface area contributed by atoms with Crippen LogP contribution >= 0.6 is 23.5 Å². The minimum absolute atomic E-state index is 0.967. The average molecular weight is 216 g/mol. The van der Waals surface area contributed by atoms with Gasteiger partial charge < -0.3 is 0 Å². The lowest BCUT2D eigenvalue weighted by molar-refractivity contribution is 0.495. The smallest absolute Gasteiger partial charge is 0.0192 e. The standard InChI is InChI=1S/C11H20S2/c1-8(11-9(2)13-11)5-3-4-6-10-7-12-10/h8-11H,3-7H2,1-2H3. The van der Waals surface area contributed by atoms with Crippen LogP contribution in [0.1, 0.15) is 39.5 Å². The highest BCUT2D eigenvalue weighted by Gasteiger charge is 2.37. The molecule has 0 nitrogen and oxygen atoms in total. The van der Waals surface area contributed by atoms with Gasteiger partial charge in [0.05, 0.1) is 0 Å². The lowest BCUT2D eigenvalue weighted by Crippen LogP contribution is -2.04. The van der Waals surface area contributed by atoms with Gasteiger partial charge in [-0.2, -0.15) is 23.5 Å². The zero-order valence-corrected chi connectivity index (χ0v) is 10.3. The van der Waals surface area contributed by atoms with Crippen LogP contribution in [0.25, 0.3) is 0 Å². The molecule has 2 fully saturated rings. The van der Waals surface area contributed by atoms with Crippen LogP contribution in [0.4, 0.5) is 0 Å². The molecule has 0 aromatic rings. The van der Waals surface area contributed by atoms with Gasteiger partial charge in [0, 0.05) is 21.5 Å². The predicted octanol–water partition coefficient (Wildman–Crippen LogP) is 3.80. The lowest BCUT2D eigenvalue weighted by atomic mass is 9.98. The van der Waals surface area contributed by atoms with E-state index in [-0.39, 0.29) is 0 Å². The topological polar surface area (TPSA) is 0 Å². The second-order valence-corrected chi connectivity index (χ2v) is 7.42. The molecular weight excluding hydrogens is 196 g/mol. The first-order chi connectivity index (χ1) is 6.27. The third kappa shape index (κ3) is 3.39. The first kappa shape index (κ1) is 10.2. The normalized spacial score (nSPS) is 38.8. The first-order valence-corrected chi connectivity index (χ1v) is 7.53. The maximum Gasteiger partial charge on any atom is 0.0192 e. The summed E-state index contributed by atoms with van der Waals surface area (Å²) in [6.45, 7) is 4.81. The molecular formula is C11H20S2. The second kappa shape index (κ2) is 4.48. The van der Waals surface area contributed by atoms with Crippen molar-refractivity contribution in [3.63, 3.8) is 0 Å². The fourth-order valence-electron chi connectivity index (χ4n) is 2.04. The van der Waals surface area contributed by atoms with Gasteiger partial charge in [-0.15, -0.1) is 0 Å². The van der Waals surface area contributed by atoms with Crippen molar-refractivity contribution in [2.45, 2.75) is 55.3 Å². The van der Waals surface area contributed by atoms with E-state index in [1.54, 1.807) is 0 Å². The monoisotopic (exact) mass is 216 g/mol. The summed E-state index contributed by atoms with van der Waals surface area (Å²) in [6, 6.07) is 0. The summed E-state index contributed by atoms with van der Waals surface area (Å²) in [5, 5.41) is 3.04. The third-order valence-electron chi connectivity index (χ3n) is 3.16. The van der Waals surface area contributed by atoms with Crippen LogP contribution in [0.2, 0.25) is 0 Å². The molecule has 4 atom stereocenters. The van der Waals surface area contributed by atoms with E-state index in [2.05, 4.69) is 37.4 Å². The minimum atomic E-state index is 0.967. The van der Waals surface area contributed by atoms with Gasteiger partial charge in [0.25, 0.3) is 0 Å². The van der Waals surface area contributed by atoms with Crippen molar-refractivity contribution in [3.8, 4) is 0 Å². The average Bonchev–Trinajstić information content (AvgIpc) is 2.94. The molecule has 2 saturated heterocycles. The summed E-state index contributed by atoms with van der Waals surface area (Å²) in [4.78, 5) is 0. The van der Waals surface area contributed by atoms with Gasteiger partial charge in [-0.1, -0.05) is 26.7 Å². The van der Waals surface area contributed by atoms with Gasteiger partial charge in [-0.3, -0.25) is 0 Å². The van der Waals surface area contributed by atoms with Crippen molar-refractivity contribution in [3.05, 3.63) is 0 Å². The van der Waals surface area contributed by atoms with Crippen molar-refractivity contribution < 1.29 is 0 Å². The molecule has 13 heavy (non-hydrogen) atoms. The lowest BCUT2D eigenvalue weighted by Gasteiger charge is -2.08.